The highest BCUT2D eigenvalue weighted by atomic mass is 32.2. The fraction of sp³-hybridized carbons (Fsp3) is 0.130. The first kappa shape index (κ1) is 22.5. The smallest absolute Gasteiger partial charge is 0.416 e. The van der Waals surface area contributed by atoms with Crippen LogP contribution < -0.4 is 4.74 Å². The van der Waals surface area contributed by atoms with Crippen LogP contribution in [0.2, 0.25) is 0 Å². The summed E-state index contributed by atoms with van der Waals surface area (Å²) in [6.45, 7) is 0. The van der Waals surface area contributed by atoms with Crippen LogP contribution in [0.3, 0.4) is 0 Å². The van der Waals surface area contributed by atoms with Crippen molar-refractivity contribution in [2.75, 3.05) is 12.9 Å². The van der Waals surface area contributed by atoms with Crippen molar-refractivity contribution in [2.24, 2.45) is 0 Å². The molecule has 0 saturated carbocycles. The molecule has 0 radical (unpaired) electrons. The lowest BCUT2D eigenvalue weighted by atomic mass is 10.1. The standard InChI is InChI=1S/C23H17F3N4O2S/c1-32-19-7-2-4-16(12-19)20(31)14-33-22-29-28-21(15-8-10-27-11-9-15)30(22)18-6-3-5-17(13-18)23(24,25)26/h2-13H,14H2,1H3. The van der Waals surface area contributed by atoms with E-state index < -0.39 is 11.7 Å². The fourth-order valence-corrected chi connectivity index (χ4v) is 3.96. The minimum atomic E-state index is -4.50. The largest absolute Gasteiger partial charge is 0.497 e. The molecular formula is C23H17F3N4O2S. The third-order valence-corrected chi connectivity index (χ3v) is 5.66. The van der Waals surface area contributed by atoms with E-state index in [4.69, 9.17) is 4.74 Å². The first-order valence-corrected chi connectivity index (χ1v) is 10.7. The van der Waals surface area contributed by atoms with Gasteiger partial charge in [0, 0.05) is 23.5 Å². The second kappa shape index (κ2) is 9.45. The number of hydrogen-bond acceptors (Lipinski definition) is 6. The van der Waals surface area contributed by atoms with Crippen molar-refractivity contribution in [2.45, 2.75) is 11.3 Å². The molecule has 0 spiro atoms. The van der Waals surface area contributed by atoms with Crippen LogP contribution in [0, 0.1) is 0 Å². The molecule has 168 valence electrons. The zero-order valence-electron chi connectivity index (χ0n) is 17.3. The highest BCUT2D eigenvalue weighted by Gasteiger charge is 2.31. The summed E-state index contributed by atoms with van der Waals surface area (Å²) in [5.74, 6) is 0.731. The zero-order chi connectivity index (χ0) is 23.4. The molecule has 0 unspecified atom stereocenters. The molecule has 4 rings (SSSR count). The Morgan fingerprint density at radius 2 is 1.79 bits per heavy atom. The predicted molar refractivity (Wildman–Crippen MR) is 118 cm³/mol. The minimum absolute atomic E-state index is 0.0145. The lowest BCUT2D eigenvalue weighted by Crippen LogP contribution is -2.08. The molecule has 0 fully saturated rings. The summed E-state index contributed by atoms with van der Waals surface area (Å²) in [6.07, 6.45) is -1.39. The molecule has 10 heteroatoms. The second-order valence-electron chi connectivity index (χ2n) is 6.87. The van der Waals surface area contributed by atoms with E-state index in [-0.39, 0.29) is 22.4 Å². The van der Waals surface area contributed by atoms with Gasteiger partial charge in [0.2, 0.25) is 0 Å². The Hall–Kier alpha value is -3.66. The highest BCUT2D eigenvalue weighted by molar-refractivity contribution is 7.99. The Bertz CT molecular complexity index is 1280. The molecule has 33 heavy (non-hydrogen) atoms. The number of halogens is 3. The number of hydrogen-bond donors (Lipinski definition) is 0. The van der Waals surface area contributed by atoms with Crippen molar-refractivity contribution >= 4 is 17.5 Å². The summed E-state index contributed by atoms with van der Waals surface area (Å²) in [6, 6.07) is 15.0. The number of methoxy groups -OCH3 is 1. The quantitative estimate of drug-likeness (QED) is 0.269. The lowest BCUT2D eigenvalue weighted by Gasteiger charge is -2.13. The van der Waals surface area contributed by atoms with Gasteiger partial charge in [-0.05, 0) is 42.5 Å². The van der Waals surface area contributed by atoms with Crippen molar-refractivity contribution in [1.82, 2.24) is 19.7 Å². The molecule has 0 aliphatic heterocycles. The van der Waals surface area contributed by atoms with Gasteiger partial charge >= 0.3 is 6.18 Å². The number of thioether (sulfide) groups is 1. The predicted octanol–water partition coefficient (Wildman–Crippen LogP) is 5.33. The number of carbonyl (C=O) groups is 1. The lowest BCUT2D eigenvalue weighted by molar-refractivity contribution is -0.137. The van der Waals surface area contributed by atoms with Crippen molar-refractivity contribution in [1.29, 1.82) is 0 Å². The number of rotatable bonds is 7. The van der Waals surface area contributed by atoms with Gasteiger partial charge in [0.05, 0.1) is 24.1 Å². The molecule has 6 nitrogen and oxygen atoms in total. The Morgan fingerprint density at radius 3 is 2.52 bits per heavy atom. The maximum atomic E-state index is 13.3. The van der Waals surface area contributed by atoms with Gasteiger partial charge in [0.1, 0.15) is 5.75 Å². The van der Waals surface area contributed by atoms with Gasteiger partial charge < -0.3 is 4.74 Å². The fourth-order valence-electron chi connectivity index (χ4n) is 3.12. The van der Waals surface area contributed by atoms with Crippen LogP contribution in [0.15, 0.2) is 78.2 Å². The monoisotopic (exact) mass is 470 g/mol. The maximum absolute atomic E-state index is 13.3. The second-order valence-corrected chi connectivity index (χ2v) is 7.81. The van der Waals surface area contributed by atoms with E-state index in [0.717, 1.165) is 23.9 Å². The normalized spacial score (nSPS) is 11.4. The van der Waals surface area contributed by atoms with Gasteiger partial charge in [0.25, 0.3) is 0 Å². The van der Waals surface area contributed by atoms with E-state index >= 15 is 0 Å². The summed E-state index contributed by atoms with van der Waals surface area (Å²) in [5.41, 5.74) is 0.526. The number of nitrogens with zero attached hydrogens (tertiary/aromatic N) is 4. The van der Waals surface area contributed by atoms with Gasteiger partial charge in [0.15, 0.2) is 16.8 Å². The molecule has 0 aliphatic rings. The first-order valence-electron chi connectivity index (χ1n) is 9.70. The van der Waals surface area contributed by atoms with Gasteiger partial charge in [-0.2, -0.15) is 13.2 Å². The van der Waals surface area contributed by atoms with Crippen LogP contribution in [0.4, 0.5) is 13.2 Å². The number of pyridine rings is 1. The molecule has 0 saturated heterocycles. The number of ether oxygens (including phenoxy) is 1. The van der Waals surface area contributed by atoms with Gasteiger partial charge in [-0.15, -0.1) is 10.2 Å². The number of aromatic nitrogens is 4. The summed E-state index contributed by atoms with van der Waals surface area (Å²) in [5, 5.41) is 8.63. The number of carbonyl (C=O) groups excluding carboxylic acids is 1. The van der Waals surface area contributed by atoms with Gasteiger partial charge in [-0.1, -0.05) is 30.0 Å². The first-order chi connectivity index (χ1) is 15.9. The average molecular weight is 470 g/mol. The Morgan fingerprint density at radius 1 is 1.03 bits per heavy atom. The van der Waals surface area contributed by atoms with E-state index in [9.17, 15) is 18.0 Å². The summed E-state index contributed by atoms with van der Waals surface area (Å²) in [4.78, 5) is 16.7. The molecule has 2 aromatic heterocycles. The summed E-state index contributed by atoms with van der Waals surface area (Å²) in [7, 11) is 1.51. The number of benzene rings is 2. The molecule has 0 amide bonds. The van der Waals surface area contributed by atoms with E-state index in [0.29, 0.717) is 22.7 Å². The summed E-state index contributed by atoms with van der Waals surface area (Å²) >= 11 is 1.09. The number of ketones is 1. The van der Waals surface area contributed by atoms with Crippen molar-refractivity contribution < 1.29 is 22.7 Å². The SMILES string of the molecule is COc1cccc(C(=O)CSc2nnc(-c3ccncc3)n2-c2cccc(C(F)(F)F)c2)c1. The molecule has 4 aromatic rings. The van der Waals surface area contributed by atoms with Crippen LogP contribution in [0.1, 0.15) is 15.9 Å². The topological polar surface area (TPSA) is 69.9 Å². The van der Waals surface area contributed by atoms with Crippen LogP contribution in [0.5, 0.6) is 5.75 Å². The van der Waals surface area contributed by atoms with E-state index in [1.54, 1.807) is 48.8 Å². The van der Waals surface area contributed by atoms with Crippen LogP contribution in [-0.4, -0.2) is 38.4 Å². The minimum Gasteiger partial charge on any atom is -0.497 e. The zero-order valence-corrected chi connectivity index (χ0v) is 18.1. The van der Waals surface area contributed by atoms with Crippen LogP contribution >= 0.6 is 11.8 Å². The Labute approximate surface area is 191 Å². The maximum Gasteiger partial charge on any atom is 0.416 e. The molecule has 2 heterocycles. The van der Waals surface area contributed by atoms with E-state index in [1.165, 1.54) is 23.8 Å². The molecule has 0 atom stereocenters. The van der Waals surface area contributed by atoms with Crippen LogP contribution in [-0.2, 0) is 6.18 Å². The highest BCUT2D eigenvalue weighted by Crippen LogP contribution is 2.33. The average Bonchev–Trinajstić information content (AvgIpc) is 3.26. The van der Waals surface area contributed by atoms with Gasteiger partial charge in [-0.25, -0.2) is 0 Å². The van der Waals surface area contributed by atoms with Crippen molar-refractivity contribution in [3.63, 3.8) is 0 Å². The molecule has 0 N–H and O–H groups in total. The van der Waals surface area contributed by atoms with E-state index in [2.05, 4.69) is 15.2 Å². The van der Waals surface area contributed by atoms with E-state index in [1.807, 2.05) is 0 Å². The Kier molecular flexibility index (Phi) is 6.45. The third kappa shape index (κ3) is 5.06. The van der Waals surface area contributed by atoms with Crippen molar-refractivity contribution in [3.05, 3.63) is 84.2 Å². The molecule has 0 aliphatic carbocycles. The number of alkyl halides is 3. The molecule has 0 bridgehead atoms. The third-order valence-electron chi connectivity index (χ3n) is 4.73. The molecule has 2 aromatic carbocycles. The van der Waals surface area contributed by atoms with Gasteiger partial charge in [-0.3, -0.25) is 14.3 Å². The molecular weight excluding hydrogens is 453 g/mol. The van der Waals surface area contributed by atoms with Crippen LogP contribution in [0.25, 0.3) is 17.1 Å². The summed E-state index contributed by atoms with van der Waals surface area (Å²) < 4.78 is 46.6. The number of Topliss-reactive ketones (excluding diaryl/α,β-unsaturated/α-hetero) is 1. The Balaban J connectivity index is 1.70. The van der Waals surface area contributed by atoms with Crippen molar-refractivity contribution in [3.8, 4) is 22.8 Å².